The van der Waals surface area contributed by atoms with E-state index in [4.69, 9.17) is 0 Å². The van der Waals surface area contributed by atoms with E-state index in [1.807, 2.05) is 12.1 Å². The SMILES string of the molecule is C.O=CCCC(=O)N1N=C(c2ccc(C(F)(F)F)cc2)CC1c1ccc2nccnc2c1. The fraction of sp³-hybridized carbons (Fsp3) is 0.261. The summed E-state index contributed by atoms with van der Waals surface area (Å²) in [7, 11) is 0. The van der Waals surface area contributed by atoms with Crippen LogP contribution < -0.4 is 0 Å². The summed E-state index contributed by atoms with van der Waals surface area (Å²) in [5.74, 6) is -0.335. The van der Waals surface area contributed by atoms with Gasteiger partial charge >= 0.3 is 6.18 Å². The average Bonchev–Trinajstić information content (AvgIpc) is 3.22. The van der Waals surface area contributed by atoms with Crippen molar-refractivity contribution in [2.24, 2.45) is 5.10 Å². The zero-order valence-corrected chi connectivity index (χ0v) is 16.2. The lowest BCUT2D eigenvalue weighted by atomic mass is 9.97. The molecule has 1 amide bonds. The largest absolute Gasteiger partial charge is 0.416 e. The number of nitrogens with zero attached hydrogens (tertiary/aromatic N) is 4. The van der Waals surface area contributed by atoms with Gasteiger partial charge in [0.1, 0.15) is 6.29 Å². The predicted molar refractivity (Wildman–Crippen MR) is 114 cm³/mol. The topological polar surface area (TPSA) is 75.5 Å². The van der Waals surface area contributed by atoms with E-state index >= 15 is 0 Å². The molecule has 1 aliphatic rings. The molecule has 1 aliphatic heterocycles. The van der Waals surface area contributed by atoms with Gasteiger partial charge in [-0.05, 0) is 35.4 Å². The number of hydrogen-bond acceptors (Lipinski definition) is 5. The fourth-order valence-electron chi connectivity index (χ4n) is 3.51. The second-order valence-electron chi connectivity index (χ2n) is 7.09. The van der Waals surface area contributed by atoms with Crippen LogP contribution in [-0.2, 0) is 15.8 Å². The third-order valence-corrected chi connectivity index (χ3v) is 5.07. The quantitative estimate of drug-likeness (QED) is 0.525. The minimum absolute atomic E-state index is 0. The maximum absolute atomic E-state index is 12.9. The third-order valence-electron chi connectivity index (χ3n) is 5.07. The third kappa shape index (κ3) is 4.66. The van der Waals surface area contributed by atoms with Gasteiger partial charge in [-0.2, -0.15) is 18.3 Å². The number of hydrogen-bond donors (Lipinski definition) is 0. The van der Waals surface area contributed by atoms with Gasteiger partial charge in [0.15, 0.2) is 0 Å². The first-order valence-electron chi connectivity index (χ1n) is 9.58. The van der Waals surface area contributed by atoms with Crippen molar-refractivity contribution >= 4 is 28.9 Å². The molecule has 3 aromatic rings. The number of amides is 1. The molecule has 0 N–H and O–H groups in total. The van der Waals surface area contributed by atoms with Gasteiger partial charge < -0.3 is 4.79 Å². The van der Waals surface area contributed by atoms with Crippen LogP contribution in [0.1, 0.15) is 49.4 Å². The van der Waals surface area contributed by atoms with E-state index in [0.717, 1.165) is 17.7 Å². The Kier molecular flexibility index (Phi) is 6.67. The molecule has 0 saturated heterocycles. The molecule has 32 heavy (non-hydrogen) atoms. The number of fused-ring (bicyclic) bond motifs is 1. The molecule has 6 nitrogen and oxygen atoms in total. The molecule has 0 aliphatic carbocycles. The zero-order chi connectivity index (χ0) is 22.0. The average molecular weight is 442 g/mol. The Balaban J connectivity index is 0.00000289. The van der Waals surface area contributed by atoms with E-state index < -0.39 is 17.8 Å². The fourth-order valence-corrected chi connectivity index (χ4v) is 3.51. The highest BCUT2D eigenvalue weighted by Crippen LogP contribution is 2.35. The molecule has 2 heterocycles. The number of aldehydes is 1. The number of benzene rings is 2. The van der Waals surface area contributed by atoms with Crippen molar-refractivity contribution < 1.29 is 22.8 Å². The summed E-state index contributed by atoms with van der Waals surface area (Å²) in [5.41, 5.74) is 2.38. The minimum atomic E-state index is -4.43. The predicted octanol–water partition coefficient (Wildman–Crippen LogP) is 4.94. The van der Waals surface area contributed by atoms with Crippen LogP contribution in [0.5, 0.6) is 0 Å². The summed E-state index contributed by atoms with van der Waals surface area (Å²) in [6.07, 6.45) is -0.231. The Hall–Kier alpha value is -3.62. The molecule has 1 unspecified atom stereocenters. The van der Waals surface area contributed by atoms with Crippen LogP contribution in [-0.4, -0.2) is 32.9 Å². The highest BCUT2D eigenvalue weighted by Gasteiger charge is 2.34. The van der Waals surface area contributed by atoms with E-state index in [1.54, 1.807) is 18.5 Å². The van der Waals surface area contributed by atoms with Crippen LogP contribution in [0.4, 0.5) is 13.2 Å². The first kappa shape index (κ1) is 23.1. The maximum Gasteiger partial charge on any atom is 0.416 e. The van der Waals surface area contributed by atoms with Crippen LogP contribution in [0.25, 0.3) is 11.0 Å². The molecular formula is C23H21F3N4O2. The summed E-state index contributed by atoms with van der Waals surface area (Å²) in [6.45, 7) is 0. The maximum atomic E-state index is 12.9. The van der Waals surface area contributed by atoms with Crippen LogP contribution in [0.15, 0.2) is 60.0 Å². The summed E-state index contributed by atoms with van der Waals surface area (Å²) in [5, 5.41) is 5.72. The van der Waals surface area contributed by atoms with Gasteiger partial charge in [-0.3, -0.25) is 14.8 Å². The zero-order valence-electron chi connectivity index (χ0n) is 16.2. The van der Waals surface area contributed by atoms with Gasteiger partial charge in [-0.1, -0.05) is 25.6 Å². The van der Waals surface area contributed by atoms with E-state index in [9.17, 15) is 22.8 Å². The number of rotatable bonds is 5. The number of hydrazone groups is 1. The Morgan fingerprint density at radius 2 is 1.75 bits per heavy atom. The molecule has 9 heteroatoms. The van der Waals surface area contributed by atoms with Crippen molar-refractivity contribution in [3.05, 3.63) is 71.5 Å². The van der Waals surface area contributed by atoms with Gasteiger partial charge in [0, 0.05) is 31.7 Å². The second kappa shape index (κ2) is 9.25. The standard InChI is InChI=1S/C22H17F3N4O2.CH4/c23-22(24,25)16-6-3-14(4-7-16)18-13-20(29(28-18)21(31)2-1-11-30)15-5-8-17-19(12-15)27-10-9-26-17;/h3-12,20H,1-2,13H2;1H4. The Morgan fingerprint density at radius 3 is 2.41 bits per heavy atom. The van der Waals surface area contributed by atoms with Gasteiger partial charge in [0.05, 0.1) is 28.4 Å². The molecular weight excluding hydrogens is 421 g/mol. The molecule has 0 radical (unpaired) electrons. The highest BCUT2D eigenvalue weighted by molar-refractivity contribution is 6.03. The first-order chi connectivity index (χ1) is 14.9. The van der Waals surface area contributed by atoms with Crippen molar-refractivity contribution in [2.75, 3.05) is 0 Å². The molecule has 1 atom stereocenters. The van der Waals surface area contributed by atoms with Crippen molar-refractivity contribution in [1.82, 2.24) is 15.0 Å². The van der Waals surface area contributed by atoms with Crippen molar-refractivity contribution in [1.29, 1.82) is 0 Å². The molecule has 1 aromatic heterocycles. The Morgan fingerprint density at radius 1 is 1.06 bits per heavy atom. The highest BCUT2D eigenvalue weighted by atomic mass is 19.4. The normalized spacial score (nSPS) is 15.9. The second-order valence-corrected chi connectivity index (χ2v) is 7.09. The minimum Gasteiger partial charge on any atom is -0.303 e. The number of carbonyl (C=O) groups excluding carboxylic acids is 2. The van der Waals surface area contributed by atoms with Crippen LogP contribution in [0.2, 0.25) is 0 Å². The monoisotopic (exact) mass is 442 g/mol. The van der Waals surface area contributed by atoms with Crippen molar-refractivity contribution in [3.63, 3.8) is 0 Å². The number of halogens is 3. The molecule has 0 spiro atoms. The lowest BCUT2D eigenvalue weighted by molar-refractivity contribution is -0.137. The van der Waals surface area contributed by atoms with Gasteiger partial charge in [-0.25, -0.2) is 5.01 Å². The molecule has 166 valence electrons. The molecule has 2 aromatic carbocycles. The summed E-state index contributed by atoms with van der Waals surface area (Å²) in [4.78, 5) is 31.9. The molecule has 0 saturated carbocycles. The van der Waals surface area contributed by atoms with E-state index in [-0.39, 0.29) is 26.2 Å². The van der Waals surface area contributed by atoms with Crippen LogP contribution >= 0.6 is 0 Å². The number of alkyl halides is 3. The van der Waals surface area contributed by atoms with Gasteiger partial charge in [0.2, 0.25) is 5.91 Å². The van der Waals surface area contributed by atoms with E-state index in [2.05, 4.69) is 15.1 Å². The number of aromatic nitrogens is 2. The number of carbonyl (C=O) groups is 2. The Labute approximate surface area is 182 Å². The molecule has 0 fully saturated rings. The lowest BCUT2D eigenvalue weighted by Gasteiger charge is -2.22. The molecule has 4 rings (SSSR count). The van der Waals surface area contributed by atoms with Crippen molar-refractivity contribution in [2.45, 2.75) is 38.9 Å². The smallest absolute Gasteiger partial charge is 0.303 e. The summed E-state index contributed by atoms with van der Waals surface area (Å²) >= 11 is 0. The van der Waals surface area contributed by atoms with E-state index in [0.29, 0.717) is 35.0 Å². The van der Waals surface area contributed by atoms with Crippen LogP contribution in [0.3, 0.4) is 0 Å². The summed E-state index contributed by atoms with van der Waals surface area (Å²) in [6, 6.07) is 9.67. The van der Waals surface area contributed by atoms with Crippen LogP contribution in [0, 0.1) is 0 Å². The van der Waals surface area contributed by atoms with Gasteiger partial charge in [0.25, 0.3) is 0 Å². The lowest BCUT2D eigenvalue weighted by Crippen LogP contribution is -2.26. The van der Waals surface area contributed by atoms with E-state index in [1.165, 1.54) is 17.1 Å². The Bertz CT molecular complexity index is 1160. The van der Waals surface area contributed by atoms with Gasteiger partial charge in [-0.15, -0.1) is 0 Å². The molecule has 0 bridgehead atoms. The summed E-state index contributed by atoms with van der Waals surface area (Å²) < 4.78 is 38.6. The first-order valence-corrected chi connectivity index (χ1v) is 9.58. The van der Waals surface area contributed by atoms with Crippen molar-refractivity contribution in [3.8, 4) is 0 Å².